The van der Waals surface area contributed by atoms with Crippen molar-refractivity contribution < 1.29 is 19.0 Å². The first kappa shape index (κ1) is 14.4. The number of pyridine rings is 1. The maximum absolute atomic E-state index is 11.4. The topological polar surface area (TPSA) is 120 Å². The van der Waals surface area contributed by atoms with Gasteiger partial charge in [-0.15, -0.1) is 0 Å². The molecule has 0 aliphatic heterocycles. The normalized spacial score (nSPS) is 10.2. The van der Waals surface area contributed by atoms with Crippen LogP contribution < -0.4 is 5.32 Å². The van der Waals surface area contributed by atoms with Crippen molar-refractivity contribution in [2.45, 2.75) is 13.5 Å². The number of anilines is 1. The van der Waals surface area contributed by atoms with Crippen molar-refractivity contribution in [1.29, 1.82) is 0 Å². The second-order valence-corrected chi connectivity index (χ2v) is 4.10. The molecule has 110 valence electrons. The molecule has 0 spiro atoms. The number of rotatable bonds is 5. The predicted molar refractivity (Wildman–Crippen MR) is 70.8 cm³/mol. The van der Waals surface area contributed by atoms with Crippen molar-refractivity contribution >= 4 is 17.5 Å². The minimum atomic E-state index is -0.676. The maximum Gasteiger partial charge on any atom is 0.356 e. The fraction of sp³-hybridized carbons (Fsp3) is 0.250. The van der Waals surface area contributed by atoms with Crippen molar-refractivity contribution in [2.75, 3.05) is 12.4 Å². The van der Waals surface area contributed by atoms with Gasteiger partial charge in [0.25, 0.3) is 0 Å². The zero-order valence-corrected chi connectivity index (χ0v) is 11.3. The van der Waals surface area contributed by atoms with Gasteiger partial charge < -0.3 is 14.6 Å². The standard InChI is InChI=1S/C12H12N4O5/c1-7-5-8(15-21-7)6-13-11-10(16(18)19)4-3-9(14-11)12(17)20-2/h3-5H,6H2,1-2H3,(H,13,14). The summed E-state index contributed by atoms with van der Waals surface area (Å²) in [6, 6.07) is 4.11. The number of nitrogens with zero attached hydrogens (tertiary/aromatic N) is 3. The number of aromatic nitrogens is 2. The number of carbonyl (C=O) groups is 1. The van der Waals surface area contributed by atoms with Gasteiger partial charge in [0.1, 0.15) is 11.5 Å². The summed E-state index contributed by atoms with van der Waals surface area (Å²) in [6.45, 7) is 1.91. The molecule has 0 aromatic carbocycles. The number of hydrogen-bond donors (Lipinski definition) is 1. The molecule has 2 heterocycles. The molecular formula is C12H12N4O5. The quantitative estimate of drug-likeness (QED) is 0.502. The number of nitrogens with one attached hydrogen (secondary N) is 1. The molecule has 9 heteroatoms. The van der Waals surface area contributed by atoms with E-state index in [9.17, 15) is 14.9 Å². The van der Waals surface area contributed by atoms with Crippen molar-refractivity contribution in [3.8, 4) is 0 Å². The molecule has 21 heavy (non-hydrogen) atoms. The molecule has 0 saturated carbocycles. The van der Waals surface area contributed by atoms with Crippen LogP contribution in [0.4, 0.5) is 11.5 Å². The molecule has 0 radical (unpaired) electrons. The lowest BCUT2D eigenvalue weighted by atomic mass is 10.3. The Kier molecular flexibility index (Phi) is 4.12. The third-order valence-corrected chi connectivity index (χ3v) is 2.58. The van der Waals surface area contributed by atoms with Gasteiger partial charge in [-0.05, 0) is 13.0 Å². The Balaban J connectivity index is 2.25. The Morgan fingerprint density at radius 3 is 2.86 bits per heavy atom. The lowest BCUT2D eigenvalue weighted by molar-refractivity contribution is -0.384. The third-order valence-electron chi connectivity index (χ3n) is 2.58. The molecule has 0 bridgehead atoms. The van der Waals surface area contributed by atoms with Crippen LogP contribution in [0.5, 0.6) is 0 Å². The summed E-state index contributed by atoms with van der Waals surface area (Å²) in [5.41, 5.74) is 0.289. The molecule has 0 aliphatic rings. The van der Waals surface area contributed by atoms with Crippen LogP contribution in [0.25, 0.3) is 0 Å². The van der Waals surface area contributed by atoms with Gasteiger partial charge in [0.2, 0.25) is 5.82 Å². The first-order valence-corrected chi connectivity index (χ1v) is 5.91. The highest BCUT2D eigenvalue weighted by molar-refractivity contribution is 5.88. The highest BCUT2D eigenvalue weighted by atomic mass is 16.6. The van der Waals surface area contributed by atoms with Crippen LogP contribution in [0.15, 0.2) is 22.7 Å². The Morgan fingerprint density at radius 2 is 2.29 bits per heavy atom. The summed E-state index contributed by atoms with van der Waals surface area (Å²) in [5, 5.41) is 17.5. The molecule has 0 amide bonds. The number of carbonyl (C=O) groups excluding carboxylic acids is 1. The van der Waals surface area contributed by atoms with Crippen LogP contribution in [0.3, 0.4) is 0 Å². The SMILES string of the molecule is COC(=O)c1ccc([N+](=O)[O-])c(NCc2cc(C)on2)n1. The second-order valence-electron chi connectivity index (χ2n) is 4.10. The van der Waals surface area contributed by atoms with Gasteiger partial charge in [-0.1, -0.05) is 5.16 Å². The fourth-order valence-corrected chi connectivity index (χ4v) is 1.62. The van der Waals surface area contributed by atoms with Gasteiger partial charge in [0.15, 0.2) is 5.69 Å². The molecule has 0 unspecified atom stereocenters. The Morgan fingerprint density at radius 1 is 1.52 bits per heavy atom. The average molecular weight is 292 g/mol. The van der Waals surface area contributed by atoms with Gasteiger partial charge in [-0.2, -0.15) is 0 Å². The van der Waals surface area contributed by atoms with Crippen LogP contribution >= 0.6 is 0 Å². The first-order valence-electron chi connectivity index (χ1n) is 5.91. The summed E-state index contributed by atoms with van der Waals surface area (Å²) < 4.78 is 9.42. The number of ether oxygens (including phenoxy) is 1. The van der Waals surface area contributed by atoms with E-state index in [1.165, 1.54) is 19.2 Å². The minimum absolute atomic E-state index is 0.0260. The van der Waals surface area contributed by atoms with Crippen LogP contribution in [-0.4, -0.2) is 28.1 Å². The number of hydrogen-bond acceptors (Lipinski definition) is 8. The maximum atomic E-state index is 11.4. The number of nitro groups is 1. The Hall–Kier alpha value is -2.97. The Labute approximate surface area is 119 Å². The third kappa shape index (κ3) is 3.32. The van der Waals surface area contributed by atoms with E-state index in [0.717, 1.165) is 0 Å². The summed E-state index contributed by atoms with van der Waals surface area (Å²) >= 11 is 0. The van der Waals surface area contributed by atoms with Gasteiger partial charge in [0.05, 0.1) is 18.6 Å². The summed E-state index contributed by atoms with van der Waals surface area (Å²) in [7, 11) is 1.21. The lowest BCUT2D eigenvalue weighted by Gasteiger charge is -2.06. The van der Waals surface area contributed by atoms with Gasteiger partial charge >= 0.3 is 11.7 Å². The van der Waals surface area contributed by atoms with E-state index in [4.69, 9.17) is 4.52 Å². The molecular weight excluding hydrogens is 280 g/mol. The van der Waals surface area contributed by atoms with Crippen LogP contribution in [-0.2, 0) is 11.3 Å². The molecule has 2 aromatic heterocycles. The molecule has 1 N–H and O–H groups in total. The molecule has 9 nitrogen and oxygen atoms in total. The molecule has 0 aliphatic carbocycles. The number of aryl methyl sites for hydroxylation is 1. The monoisotopic (exact) mass is 292 g/mol. The highest BCUT2D eigenvalue weighted by Gasteiger charge is 2.19. The molecule has 2 aromatic rings. The zero-order valence-electron chi connectivity index (χ0n) is 11.3. The Bertz CT molecular complexity index is 682. The van der Waals surface area contributed by atoms with E-state index >= 15 is 0 Å². The number of esters is 1. The van der Waals surface area contributed by atoms with Gasteiger partial charge in [0, 0.05) is 12.1 Å². The van der Waals surface area contributed by atoms with E-state index in [1.807, 2.05) is 0 Å². The second kappa shape index (κ2) is 5.99. The van der Waals surface area contributed by atoms with E-state index in [1.54, 1.807) is 13.0 Å². The van der Waals surface area contributed by atoms with E-state index < -0.39 is 10.9 Å². The molecule has 0 fully saturated rings. The summed E-state index contributed by atoms with van der Waals surface area (Å²) in [5.74, 6) is -0.0913. The number of methoxy groups -OCH3 is 1. The van der Waals surface area contributed by atoms with Gasteiger partial charge in [-0.3, -0.25) is 10.1 Å². The van der Waals surface area contributed by atoms with Crippen LogP contribution in [0.1, 0.15) is 21.9 Å². The van der Waals surface area contributed by atoms with Crippen molar-refractivity contribution in [2.24, 2.45) is 0 Å². The molecule has 2 rings (SSSR count). The van der Waals surface area contributed by atoms with Crippen LogP contribution in [0.2, 0.25) is 0 Å². The minimum Gasteiger partial charge on any atom is -0.464 e. The van der Waals surface area contributed by atoms with Crippen LogP contribution in [0, 0.1) is 17.0 Å². The first-order chi connectivity index (χ1) is 10.0. The van der Waals surface area contributed by atoms with E-state index in [-0.39, 0.29) is 23.7 Å². The van der Waals surface area contributed by atoms with Crippen molar-refractivity contribution in [3.63, 3.8) is 0 Å². The molecule has 0 saturated heterocycles. The largest absolute Gasteiger partial charge is 0.464 e. The lowest BCUT2D eigenvalue weighted by Crippen LogP contribution is -2.10. The summed E-state index contributed by atoms with van der Waals surface area (Å²) in [4.78, 5) is 25.7. The smallest absolute Gasteiger partial charge is 0.356 e. The van der Waals surface area contributed by atoms with Crippen molar-refractivity contribution in [3.05, 3.63) is 45.5 Å². The van der Waals surface area contributed by atoms with E-state index in [2.05, 4.69) is 20.2 Å². The molecule has 0 atom stereocenters. The fourth-order valence-electron chi connectivity index (χ4n) is 1.62. The zero-order chi connectivity index (χ0) is 15.4. The predicted octanol–water partition coefficient (Wildman–Crippen LogP) is 1.68. The summed E-state index contributed by atoms with van der Waals surface area (Å²) in [6.07, 6.45) is 0. The highest BCUT2D eigenvalue weighted by Crippen LogP contribution is 2.23. The van der Waals surface area contributed by atoms with Crippen molar-refractivity contribution in [1.82, 2.24) is 10.1 Å². The average Bonchev–Trinajstić information content (AvgIpc) is 2.89. The van der Waals surface area contributed by atoms with Gasteiger partial charge in [-0.25, -0.2) is 9.78 Å². The van der Waals surface area contributed by atoms with E-state index in [0.29, 0.717) is 11.5 Å².